The van der Waals surface area contributed by atoms with E-state index in [1.807, 2.05) is 18.7 Å². The highest BCUT2D eigenvalue weighted by atomic mass is 16.3. The van der Waals surface area contributed by atoms with Crippen LogP contribution in [0.15, 0.2) is 29.3 Å². The second-order valence-electron chi connectivity index (χ2n) is 9.37. The Balaban J connectivity index is 1.50. The molecule has 0 radical (unpaired) electrons. The average molecular weight is 444 g/mol. The van der Waals surface area contributed by atoms with Crippen LogP contribution in [-0.4, -0.2) is 67.2 Å². The van der Waals surface area contributed by atoms with Crippen LogP contribution in [0.25, 0.3) is 0 Å². The van der Waals surface area contributed by atoms with Crippen LogP contribution in [0.5, 0.6) is 0 Å². The number of aliphatic hydroxyl groups is 1. The number of guanidine groups is 1. The summed E-state index contributed by atoms with van der Waals surface area (Å²) in [6, 6.07) is 9.04. The van der Waals surface area contributed by atoms with Crippen LogP contribution >= 0.6 is 0 Å². The standard InChI is InChI=1S/C25H41N5O2/c1-4-26-25(28-22-11-15-30(16-12-22)24(32)19(2)3)27-17-20-5-7-23(8-6-20)29-13-9-21(18-31)10-14-29/h5-8,19,21-22,31H,4,9-18H2,1-3H3,(H2,26,27,28). The molecule has 7 heteroatoms. The first-order valence-corrected chi connectivity index (χ1v) is 12.3. The van der Waals surface area contributed by atoms with Crippen LogP contribution in [0, 0.1) is 11.8 Å². The maximum atomic E-state index is 12.2. The first-order chi connectivity index (χ1) is 15.5. The van der Waals surface area contributed by atoms with Crippen molar-refractivity contribution in [2.75, 3.05) is 44.2 Å². The number of anilines is 1. The van der Waals surface area contributed by atoms with E-state index in [9.17, 15) is 9.90 Å². The molecule has 0 aromatic heterocycles. The molecule has 3 N–H and O–H groups in total. The molecule has 3 rings (SSSR count). The molecule has 178 valence electrons. The lowest BCUT2D eigenvalue weighted by Gasteiger charge is -2.34. The summed E-state index contributed by atoms with van der Waals surface area (Å²) in [7, 11) is 0. The number of nitrogens with zero attached hydrogens (tertiary/aromatic N) is 3. The second kappa shape index (κ2) is 12.1. The third-order valence-electron chi connectivity index (χ3n) is 6.58. The fraction of sp³-hybridized carbons (Fsp3) is 0.680. The fourth-order valence-corrected chi connectivity index (χ4v) is 4.48. The lowest BCUT2D eigenvalue weighted by Crippen LogP contribution is -2.50. The topological polar surface area (TPSA) is 80.2 Å². The molecule has 7 nitrogen and oxygen atoms in total. The Bertz CT molecular complexity index is 733. The number of amides is 1. The van der Waals surface area contributed by atoms with Crippen molar-refractivity contribution in [3.8, 4) is 0 Å². The van der Waals surface area contributed by atoms with Gasteiger partial charge in [0.1, 0.15) is 0 Å². The molecule has 1 aromatic carbocycles. The minimum atomic E-state index is 0.0668. The largest absolute Gasteiger partial charge is 0.396 e. The molecule has 1 amide bonds. The van der Waals surface area contributed by atoms with E-state index >= 15 is 0 Å². The predicted molar refractivity (Wildman–Crippen MR) is 131 cm³/mol. The van der Waals surface area contributed by atoms with E-state index in [2.05, 4.69) is 46.7 Å². The Hall–Kier alpha value is -2.28. The number of likely N-dealkylation sites (tertiary alicyclic amines) is 1. The summed E-state index contributed by atoms with van der Waals surface area (Å²) in [4.78, 5) is 21.4. The first-order valence-electron chi connectivity index (χ1n) is 12.3. The van der Waals surface area contributed by atoms with Gasteiger partial charge in [0.25, 0.3) is 0 Å². The van der Waals surface area contributed by atoms with Crippen molar-refractivity contribution in [2.24, 2.45) is 16.8 Å². The number of aliphatic hydroxyl groups excluding tert-OH is 1. The Morgan fingerprint density at radius 3 is 2.31 bits per heavy atom. The van der Waals surface area contributed by atoms with Gasteiger partial charge >= 0.3 is 0 Å². The summed E-state index contributed by atoms with van der Waals surface area (Å²) >= 11 is 0. The number of carbonyl (C=O) groups is 1. The average Bonchev–Trinajstić information content (AvgIpc) is 2.83. The lowest BCUT2D eigenvalue weighted by atomic mass is 9.97. The van der Waals surface area contributed by atoms with Crippen molar-refractivity contribution in [3.05, 3.63) is 29.8 Å². The van der Waals surface area contributed by atoms with Crippen LogP contribution in [0.4, 0.5) is 5.69 Å². The molecule has 2 fully saturated rings. The van der Waals surface area contributed by atoms with E-state index in [-0.39, 0.29) is 11.8 Å². The minimum Gasteiger partial charge on any atom is -0.396 e. The number of rotatable bonds is 7. The van der Waals surface area contributed by atoms with Crippen LogP contribution in [0.2, 0.25) is 0 Å². The molecule has 0 spiro atoms. The Morgan fingerprint density at radius 2 is 1.75 bits per heavy atom. The van der Waals surface area contributed by atoms with Gasteiger partial charge in [-0.3, -0.25) is 4.79 Å². The van der Waals surface area contributed by atoms with Gasteiger partial charge in [-0.25, -0.2) is 4.99 Å². The third-order valence-corrected chi connectivity index (χ3v) is 6.58. The van der Waals surface area contributed by atoms with Gasteiger partial charge in [-0.15, -0.1) is 0 Å². The quantitative estimate of drug-likeness (QED) is 0.446. The number of hydrogen-bond donors (Lipinski definition) is 3. The Kier molecular flexibility index (Phi) is 9.21. The zero-order chi connectivity index (χ0) is 22.9. The summed E-state index contributed by atoms with van der Waals surface area (Å²) in [6.07, 6.45) is 4.02. The number of benzene rings is 1. The molecule has 0 unspecified atom stereocenters. The van der Waals surface area contributed by atoms with E-state index in [1.54, 1.807) is 0 Å². The molecule has 0 atom stereocenters. The summed E-state index contributed by atoms with van der Waals surface area (Å²) in [6.45, 7) is 11.4. The van der Waals surface area contributed by atoms with Gasteiger partial charge in [0.2, 0.25) is 5.91 Å². The summed E-state index contributed by atoms with van der Waals surface area (Å²) in [5.41, 5.74) is 2.44. The van der Waals surface area contributed by atoms with E-state index in [1.165, 1.54) is 11.3 Å². The molecular weight excluding hydrogens is 402 g/mol. The SMILES string of the molecule is CCNC(=NCc1ccc(N2CCC(CO)CC2)cc1)NC1CCN(C(=O)C(C)C)CC1. The van der Waals surface area contributed by atoms with E-state index < -0.39 is 0 Å². The maximum Gasteiger partial charge on any atom is 0.225 e. The highest BCUT2D eigenvalue weighted by molar-refractivity contribution is 5.80. The molecule has 0 saturated carbocycles. The minimum absolute atomic E-state index is 0.0668. The van der Waals surface area contributed by atoms with Crippen molar-refractivity contribution in [1.29, 1.82) is 0 Å². The predicted octanol–water partition coefficient (Wildman–Crippen LogP) is 2.60. The monoisotopic (exact) mass is 443 g/mol. The molecule has 0 bridgehead atoms. The van der Waals surface area contributed by atoms with E-state index in [0.717, 1.165) is 64.4 Å². The number of aliphatic imine (C=N–C) groups is 1. The van der Waals surface area contributed by atoms with Crippen molar-refractivity contribution in [2.45, 2.75) is 59.0 Å². The number of carbonyl (C=O) groups excluding carboxylic acids is 1. The van der Waals surface area contributed by atoms with Crippen LogP contribution in [0.3, 0.4) is 0 Å². The Labute approximate surface area is 193 Å². The normalized spacial score (nSPS) is 18.8. The van der Waals surface area contributed by atoms with Crippen molar-refractivity contribution >= 4 is 17.6 Å². The highest BCUT2D eigenvalue weighted by Gasteiger charge is 2.24. The zero-order valence-electron chi connectivity index (χ0n) is 20.0. The van der Waals surface area contributed by atoms with Gasteiger partial charge in [0, 0.05) is 57.0 Å². The summed E-state index contributed by atoms with van der Waals surface area (Å²) in [5, 5.41) is 16.2. The first kappa shape index (κ1) is 24.4. The molecular formula is C25H41N5O2. The molecule has 2 saturated heterocycles. The third kappa shape index (κ3) is 6.86. The van der Waals surface area contributed by atoms with Crippen LogP contribution in [-0.2, 0) is 11.3 Å². The molecule has 1 aromatic rings. The van der Waals surface area contributed by atoms with Crippen molar-refractivity contribution in [3.63, 3.8) is 0 Å². The van der Waals surface area contributed by atoms with E-state index in [4.69, 9.17) is 4.99 Å². The highest BCUT2D eigenvalue weighted by Crippen LogP contribution is 2.23. The summed E-state index contributed by atoms with van der Waals surface area (Å²) < 4.78 is 0. The maximum absolute atomic E-state index is 12.2. The smallest absolute Gasteiger partial charge is 0.225 e. The van der Waals surface area contributed by atoms with Gasteiger partial charge in [-0.05, 0) is 56.2 Å². The van der Waals surface area contributed by atoms with Crippen molar-refractivity contribution < 1.29 is 9.90 Å². The van der Waals surface area contributed by atoms with Crippen LogP contribution in [0.1, 0.15) is 52.0 Å². The van der Waals surface area contributed by atoms with Crippen LogP contribution < -0.4 is 15.5 Å². The van der Waals surface area contributed by atoms with Gasteiger partial charge in [-0.2, -0.15) is 0 Å². The van der Waals surface area contributed by atoms with Crippen molar-refractivity contribution in [1.82, 2.24) is 15.5 Å². The van der Waals surface area contributed by atoms with Gasteiger partial charge in [0.15, 0.2) is 5.96 Å². The summed E-state index contributed by atoms with van der Waals surface area (Å²) in [5.74, 6) is 1.62. The number of hydrogen-bond acceptors (Lipinski definition) is 4. The van der Waals surface area contributed by atoms with Gasteiger partial charge in [-0.1, -0.05) is 26.0 Å². The zero-order valence-corrected chi connectivity index (χ0v) is 20.0. The molecule has 2 heterocycles. The molecule has 32 heavy (non-hydrogen) atoms. The van der Waals surface area contributed by atoms with E-state index in [0.29, 0.717) is 25.1 Å². The van der Waals surface area contributed by atoms with Gasteiger partial charge in [0.05, 0.1) is 6.54 Å². The fourth-order valence-electron chi connectivity index (χ4n) is 4.48. The molecule has 0 aliphatic carbocycles. The number of nitrogens with one attached hydrogen (secondary N) is 2. The molecule has 2 aliphatic heterocycles. The number of piperidine rings is 2. The molecule has 2 aliphatic rings. The van der Waals surface area contributed by atoms with Gasteiger partial charge < -0.3 is 25.5 Å². The lowest BCUT2D eigenvalue weighted by molar-refractivity contribution is -0.135. The Morgan fingerprint density at radius 1 is 1.09 bits per heavy atom. The second-order valence-corrected chi connectivity index (χ2v) is 9.37.